The van der Waals surface area contributed by atoms with E-state index in [0.29, 0.717) is 5.02 Å². The van der Waals surface area contributed by atoms with Crippen LogP contribution in [0.25, 0.3) is 0 Å². The minimum Gasteiger partial charge on any atom is -0.271 e. The van der Waals surface area contributed by atoms with Gasteiger partial charge in [-0.1, -0.05) is 45.7 Å². The summed E-state index contributed by atoms with van der Waals surface area (Å²) in [5.74, 6) is 5.74. The lowest BCUT2D eigenvalue weighted by Crippen LogP contribution is -2.31. The fraction of sp³-hybridized carbons (Fsp3) is 0.308. The Balaban J connectivity index is 2.56. The van der Waals surface area contributed by atoms with Gasteiger partial charge in [-0.3, -0.25) is 10.5 Å². The molecule has 0 radical (unpaired) electrons. The van der Waals surface area contributed by atoms with Crippen LogP contribution in [0.4, 0.5) is 0 Å². The predicted molar refractivity (Wildman–Crippen MR) is 81.0 cm³/mol. The highest BCUT2D eigenvalue weighted by molar-refractivity contribution is 9.10. The molecule has 0 spiro atoms. The smallest absolute Gasteiger partial charge is 0.0904 e. The minimum atomic E-state index is -0.204. The number of hydrogen-bond acceptors (Lipinski definition) is 3. The zero-order valence-electron chi connectivity index (χ0n) is 10.8. The number of hydrogen-bond donors (Lipinski definition) is 2. The Hall–Kier alpha value is -0.880. The van der Waals surface area contributed by atoms with E-state index in [4.69, 9.17) is 17.4 Å². The molecule has 19 heavy (non-hydrogen) atoms. The highest BCUT2D eigenvalue weighted by Crippen LogP contribution is 2.33. The Labute approximate surface area is 126 Å². The van der Waals surface area contributed by atoms with Crippen LogP contribution in [0.2, 0.25) is 5.02 Å². The summed E-state index contributed by atoms with van der Waals surface area (Å²) < 4.78 is 2.87. The van der Waals surface area contributed by atoms with Crippen molar-refractivity contribution in [3.63, 3.8) is 0 Å². The maximum atomic E-state index is 6.25. The molecule has 6 heteroatoms. The number of nitrogens with one attached hydrogen (secondary N) is 1. The van der Waals surface area contributed by atoms with Crippen molar-refractivity contribution in [1.29, 1.82) is 0 Å². The molecule has 0 amide bonds. The first-order valence-electron chi connectivity index (χ1n) is 6.02. The summed E-state index contributed by atoms with van der Waals surface area (Å²) in [5.41, 5.74) is 5.89. The third kappa shape index (κ3) is 2.69. The summed E-state index contributed by atoms with van der Waals surface area (Å²) in [7, 11) is 0. The molecule has 0 aliphatic heterocycles. The van der Waals surface area contributed by atoms with Crippen molar-refractivity contribution in [2.24, 2.45) is 5.84 Å². The molecule has 1 aromatic carbocycles. The second-order valence-corrected chi connectivity index (χ2v) is 5.47. The number of nitrogens with zero attached hydrogens (tertiary/aromatic N) is 2. The van der Waals surface area contributed by atoms with Crippen LogP contribution >= 0.6 is 27.5 Å². The molecule has 102 valence electrons. The molecule has 1 heterocycles. The van der Waals surface area contributed by atoms with Crippen molar-refractivity contribution < 1.29 is 0 Å². The van der Waals surface area contributed by atoms with Gasteiger partial charge in [-0.2, -0.15) is 5.10 Å². The van der Waals surface area contributed by atoms with Gasteiger partial charge >= 0.3 is 0 Å². The molecule has 1 unspecified atom stereocenters. The summed E-state index contributed by atoms with van der Waals surface area (Å²) in [5, 5.41) is 4.86. The molecule has 1 atom stereocenters. The third-order valence-corrected chi connectivity index (χ3v) is 4.48. The van der Waals surface area contributed by atoms with E-state index in [1.54, 1.807) is 6.20 Å². The van der Waals surface area contributed by atoms with Crippen molar-refractivity contribution in [1.82, 2.24) is 15.2 Å². The number of nitrogens with two attached hydrogens (primary N) is 1. The van der Waals surface area contributed by atoms with Gasteiger partial charge in [0.2, 0.25) is 0 Å². The molecule has 2 rings (SSSR count). The number of halogens is 2. The van der Waals surface area contributed by atoms with Crippen LogP contribution in [0.15, 0.2) is 28.9 Å². The largest absolute Gasteiger partial charge is 0.271 e. The number of benzene rings is 1. The maximum absolute atomic E-state index is 6.25. The van der Waals surface area contributed by atoms with Crippen LogP contribution in [-0.4, -0.2) is 9.78 Å². The van der Waals surface area contributed by atoms with Gasteiger partial charge in [-0.25, -0.2) is 5.43 Å². The Morgan fingerprint density at radius 2 is 2.26 bits per heavy atom. The highest BCUT2D eigenvalue weighted by Gasteiger charge is 2.22. The molecule has 0 aliphatic rings. The lowest BCUT2D eigenvalue weighted by Gasteiger charge is -2.20. The molecule has 0 fully saturated rings. The zero-order valence-corrected chi connectivity index (χ0v) is 13.2. The SMILES string of the molecule is CCn1ncc(Cl)c1C(NN)c1cccc(C)c1Br. The maximum Gasteiger partial charge on any atom is 0.0904 e. The van der Waals surface area contributed by atoms with Crippen LogP contribution in [-0.2, 0) is 6.54 Å². The average Bonchev–Trinajstić information content (AvgIpc) is 2.77. The first-order chi connectivity index (χ1) is 9.10. The van der Waals surface area contributed by atoms with Crippen molar-refractivity contribution in [3.05, 3.63) is 50.7 Å². The molecule has 2 aromatic rings. The van der Waals surface area contributed by atoms with Gasteiger partial charge in [0, 0.05) is 11.0 Å². The summed E-state index contributed by atoms with van der Waals surface area (Å²) in [4.78, 5) is 0. The molecule has 0 saturated heterocycles. The van der Waals surface area contributed by atoms with Crippen LogP contribution in [0.3, 0.4) is 0 Å². The van der Waals surface area contributed by atoms with E-state index in [0.717, 1.165) is 27.8 Å². The normalized spacial score (nSPS) is 12.7. The van der Waals surface area contributed by atoms with Gasteiger partial charge < -0.3 is 0 Å². The molecule has 0 aliphatic carbocycles. The van der Waals surface area contributed by atoms with Crippen LogP contribution in [0.1, 0.15) is 29.8 Å². The average molecular weight is 344 g/mol. The first kappa shape index (κ1) is 14.5. The number of hydrazine groups is 1. The van der Waals surface area contributed by atoms with Crippen molar-refractivity contribution in [2.45, 2.75) is 26.4 Å². The topological polar surface area (TPSA) is 55.9 Å². The summed E-state index contributed by atoms with van der Waals surface area (Å²) in [6, 6.07) is 5.86. The van der Waals surface area contributed by atoms with E-state index in [9.17, 15) is 0 Å². The van der Waals surface area contributed by atoms with Crippen molar-refractivity contribution >= 4 is 27.5 Å². The second-order valence-electron chi connectivity index (χ2n) is 4.27. The van der Waals surface area contributed by atoms with Gasteiger partial charge in [0.1, 0.15) is 0 Å². The Morgan fingerprint density at radius 1 is 1.53 bits per heavy atom. The summed E-state index contributed by atoms with van der Waals surface area (Å²) in [6.45, 7) is 4.80. The van der Waals surface area contributed by atoms with Crippen molar-refractivity contribution in [3.8, 4) is 0 Å². The lowest BCUT2D eigenvalue weighted by molar-refractivity contribution is 0.542. The highest BCUT2D eigenvalue weighted by atomic mass is 79.9. The quantitative estimate of drug-likeness (QED) is 0.662. The molecular formula is C13H16BrClN4. The summed E-state index contributed by atoms with van der Waals surface area (Å²) >= 11 is 9.85. The van der Waals surface area contributed by atoms with E-state index in [-0.39, 0.29) is 6.04 Å². The standard InChI is InChI=1S/C13H16BrClN4/c1-3-19-13(10(15)7-17-19)12(18-16)9-6-4-5-8(2)11(9)14/h4-7,12,18H,3,16H2,1-2H3. The van der Waals surface area contributed by atoms with E-state index >= 15 is 0 Å². The van der Waals surface area contributed by atoms with Crippen LogP contribution in [0.5, 0.6) is 0 Å². The number of aromatic nitrogens is 2. The van der Waals surface area contributed by atoms with E-state index in [2.05, 4.69) is 26.5 Å². The van der Waals surface area contributed by atoms with E-state index in [1.165, 1.54) is 0 Å². The third-order valence-electron chi connectivity index (χ3n) is 3.11. The Morgan fingerprint density at radius 3 is 2.89 bits per heavy atom. The second kappa shape index (κ2) is 6.05. The Bertz CT molecular complexity index is 582. The first-order valence-corrected chi connectivity index (χ1v) is 7.19. The predicted octanol–water partition coefficient (Wildman–Crippen LogP) is 3.18. The molecule has 0 saturated carbocycles. The minimum absolute atomic E-state index is 0.204. The van der Waals surface area contributed by atoms with Gasteiger partial charge in [0.25, 0.3) is 0 Å². The molecule has 1 aromatic heterocycles. The van der Waals surface area contributed by atoms with E-state index < -0.39 is 0 Å². The zero-order chi connectivity index (χ0) is 14.0. The van der Waals surface area contributed by atoms with Gasteiger partial charge in [0.15, 0.2) is 0 Å². The monoisotopic (exact) mass is 342 g/mol. The van der Waals surface area contributed by atoms with Gasteiger partial charge in [-0.05, 0) is 25.0 Å². The van der Waals surface area contributed by atoms with Crippen LogP contribution in [0, 0.1) is 6.92 Å². The molecule has 4 nitrogen and oxygen atoms in total. The Kier molecular flexibility index (Phi) is 4.62. The molecule has 3 N–H and O–H groups in total. The van der Waals surface area contributed by atoms with Gasteiger partial charge in [0.05, 0.1) is 23.0 Å². The van der Waals surface area contributed by atoms with E-state index in [1.807, 2.05) is 36.7 Å². The lowest BCUT2D eigenvalue weighted by atomic mass is 10.0. The number of aryl methyl sites for hydroxylation is 2. The van der Waals surface area contributed by atoms with Crippen LogP contribution < -0.4 is 11.3 Å². The number of rotatable bonds is 4. The molecular weight excluding hydrogens is 328 g/mol. The fourth-order valence-electron chi connectivity index (χ4n) is 2.12. The van der Waals surface area contributed by atoms with Crippen molar-refractivity contribution in [2.75, 3.05) is 0 Å². The fourth-order valence-corrected chi connectivity index (χ4v) is 2.86. The van der Waals surface area contributed by atoms with Gasteiger partial charge in [-0.15, -0.1) is 0 Å². The molecule has 0 bridgehead atoms. The summed E-state index contributed by atoms with van der Waals surface area (Å²) in [6.07, 6.45) is 1.65.